The number of nitrogens with zero attached hydrogens (tertiary/aromatic N) is 1. The van der Waals surface area contributed by atoms with E-state index in [9.17, 15) is 13.2 Å². The molecule has 7 heteroatoms. The molecule has 1 rings (SSSR count). The molecule has 0 aromatic carbocycles. The van der Waals surface area contributed by atoms with Gasteiger partial charge in [-0.15, -0.1) is 0 Å². The minimum atomic E-state index is -3.24. The molecule has 1 N–H and O–H groups in total. The Hall–Kier alpha value is -1.29. The van der Waals surface area contributed by atoms with E-state index in [4.69, 9.17) is 10.00 Å². The summed E-state index contributed by atoms with van der Waals surface area (Å²) in [5, 5.41) is 11.2. The van der Waals surface area contributed by atoms with Crippen molar-refractivity contribution in [2.75, 3.05) is 11.5 Å². The Morgan fingerprint density at radius 3 is 2.47 bits per heavy atom. The van der Waals surface area contributed by atoms with Crippen LogP contribution in [0.15, 0.2) is 0 Å². The van der Waals surface area contributed by atoms with Crippen LogP contribution in [0.5, 0.6) is 0 Å². The van der Waals surface area contributed by atoms with Crippen molar-refractivity contribution in [3.8, 4) is 6.07 Å². The predicted molar refractivity (Wildman–Crippen MR) is 60.9 cm³/mol. The third-order valence-electron chi connectivity index (χ3n) is 2.22. The largest absolute Gasteiger partial charge is 0.444 e. The fourth-order valence-electron chi connectivity index (χ4n) is 1.58. The smallest absolute Gasteiger partial charge is 0.407 e. The van der Waals surface area contributed by atoms with Crippen molar-refractivity contribution in [1.29, 1.82) is 5.26 Å². The van der Waals surface area contributed by atoms with Gasteiger partial charge in [-0.2, -0.15) is 5.26 Å². The lowest BCUT2D eigenvalue weighted by molar-refractivity contribution is 0.0504. The highest BCUT2D eigenvalue weighted by atomic mass is 32.2. The van der Waals surface area contributed by atoms with E-state index >= 15 is 0 Å². The summed E-state index contributed by atoms with van der Waals surface area (Å²) in [6.07, 6.45) is -0.695. The molecule has 1 fully saturated rings. The summed E-state index contributed by atoms with van der Waals surface area (Å²) in [4.78, 5) is 11.4. The Labute approximate surface area is 101 Å². The van der Waals surface area contributed by atoms with E-state index in [1.807, 2.05) is 6.07 Å². The minimum absolute atomic E-state index is 0.204. The summed E-state index contributed by atoms with van der Waals surface area (Å²) >= 11 is 0. The zero-order chi connectivity index (χ0) is 13.3. The van der Waals surface area contributed by atoms with Gasteiger partial charge in [0.15, 0.2) is 9.84 Å². The standard InChI is InChI=1S/C10H16N2O4S/c1-10(2,3)16-9(13)12-8-6-17(14,15)5-7(8)4-11/h7-8H,5-6H2,1-3H3,(H,12,13)/t7-,8+/m0/s1. The quantitative estimate of drug-likeness (QED) is 0.738. The topological polar surface area (TPSA) is 96.3 Å². The molecule has 0 radical (unpaired) electrons. The van der Waals surface area contributed by atoms with E-state index in [0.29, 0.717) is 0 Å². The SMILES string of the molecule is CC(C)(C)OC(=O)N[C@@H]1CS(=O)(=O)C[C@@H]1C#N. The highest BCUT2D eigenvalue weighted by Crippen LogP contribution is 2.19. The average Bonchev–Trinajstić information content (AvgIpc) is 2.36. The summed E-state index contributed by atoms with van der Waals surface area (Å²) in [5.74, 6) is -1.11. The zero-order valence-corrected chi connectivity index (χ0v) is 10.9. The molecular weight excluding hydrogens is 244 g/mol. The van der Waals surface area contributed by atoms with Gasteiger partial charge in [0.2, 0.25) is 0 Å². The number of hydrogen-bond acceptors (Lipinski definition) is 5. The van der Waals surface area contributed by atoms with Crippen molar-refractivity contribution in [3.05, 3.63) is 0 Å². The molecule has 0 aromatic rings. The summed E-state index contributed by atoms with van der Waals surface area (Å²) in [5.41, 5.74) is -0.649. The second-order valence-corrected chi connectivity index (χ2v) is 7.22. The van der Waals surface area contributed by atoms with Crippen LogP contribution in [0.4, 0.5) is 4.79 Å². The van der Waals surface area contributed by atoms with Gasteiger partial charge in [0.1, 0.15) is 5.60 Å². The van der Waals surface area contributed by atoms with Crippen LogP contribution < -0.4 is 5.32 Å². The van der Waals surface area contributed by atoms with Gasteiger partial charge in [-0.1, -0.05) is 0 Å². The maximum absolute atomic E-state index is 11.4. The van der Waals surface area contributed by atoms with Gasteiger partial charge in [-0.05, 0) is 20.8 Å². The van der Waals surface area contributed by atoms with Crippen LogP contribution in [-0.2, 0) is 14.6 Å². The van der Waals surface area contributed by atoms with Crippen LogP contribution >= 0.6 is 0 Å². The maximum atomic E-state index is 11.4. The summed E-state index contributed by atoms with van der Waals surface area (Å²) in [6.45, 7) is 5.12. The highest BCUT2D eigenvalue weighted by Gasteiger charge is 2.39. The summed E-state index contributed by atoms with van der Waals surface area (Å²) < 4.78 is 27.7. The normalized spacial score (nSPS) is 27.2. The third kappa shape index (κ3) is 4.23. The number of amides is 1. The van der Waals surface area contributed by atoms with Crippen LogP contribution in [0.25, 0.3) is 0 Å². The highest BCUT2D eigenvalue weighted by molar-refractivity contribution is 7.91. The molecule has 0 saturated carbocycles. The fourth-order valence-corrected chi connectivity index (χ4v) is 3.43. The van der Waals surface area contributed by atoms with E-state index in [-0.39, 0.29) is 11.5 Å². The monoisotopic (exact) mass is 260 g/mol. The molecule has 1 aliphatic rings. The van der Waals surface area contributed by atoms with Crippen molar-refractivity contribution in [2.45, 2.75) is 32.4 Å². The van der Waals surface area contributed by atoms with Crippen LogP contribution in [-0.4, -0.2) is 37.7 Å². The Bertz CT molecular complexity index is 444. The first-order valence-electron chi connectivity index (χ1n) is 5.22. The average molecular weight is 260 g/mol. The lowest BCUT2D eigenvalue weighted by Crippen LogP contribution is -2.42. The molecule has 0 aromatic heterocycles. The van der Waals surface area contributed by atoms with Crippen molar-refractivity contribution in [1.82, 2.24) is 5.32 Å². The van der Waals surface area contributed by atoms with Crippen molar-refractivity contribution >= 4 is 15.9 Å². The molecule has 0 unspecified atom stereocenters. The van der Waals surface area contributed by atoms with Gasteiger partial charge >= 0.3 is 6.09 Å². The van der Waals surface area contributed by atoms with E-state index in [1.165, 1.54) is 0 Å². The number of alkyl carbamates (subject to hydrolysis) is 1. The van der Waals surface area contributed by atoms with Gasteiger partial charge < -0.3 is 10.1 Å². The molecule has 0 bridgehead atoms. The molecule has 6 nitrogen and oxygen atoms in total. The van der Waals surface area contributed by atoms with Gasteiger partial charge in [-0.3, -0.25) is 0 Å². The fraction of sp³-hybridized carbons (Fsp3) is 0.800. The van der Waals surface area contributed by atoms with Crippen LogP contribution in [0.2, 0.25) is 0 Å². The minimum Gasteiger partial charge on any atom is -0.444 e. The number of sulfone groups is 1. The molecule has 0 aliphatic carbocycles. The third-order valence-corrected chi connectivity index (χ3v) is 3.95. The van der Waals surface area contributed by atoms with Crippen LogP contribution in [0.1, 0.15) is 20.8 Å². The first-order valence-corrected chi connectivity index (χ1v) is 7.05. The lowest BCUT2D eigenvalue weighted by Gasteiger charge is -2.22. The second-order valence-electron chi connectivity index (χ2n) is 5.07. The van der Waals surface area contributed by atoms with Crippen LogP contribution in [0, 0.1) is 17.2 Å². The van der Waals surface area contributed by atoms with Crippen molar-refractivity contribution < 1.29 is 17.9 Å². The number of nitrogens with one attached hydrogen (secondary N) is 1. The molecular formula is C10H16N2O4S. The van der Waals surface area contributed by atoms with Crippen molar-refractivity contribution in [2.24, 2.45) is 5.92 Å². The second kappa shape index (κ2) is 4.53. The molecule has 2 atom stereocenters. The maximum Gasteiger partial charge on any atom is 0.407 e. The van der Waals surface area contributed by atoms with E-state index < -0.39 is 33.5 Å². The van der Waals surface area contributed by atoms with Gasteiger partial charge in [0, 0.05) is 0 Å². The van der Waals surface area contributed by atoms with Gasteiger partial charge in [0.05, 0.1) is 29.5 Å². The molecule has 1 amide bonds. The Kier molecular flexibility index (Phi) is 3.67. The van der Waals surface area contributed by atoms with E-state index in [2.05, 4.69) is 5.32 Å². The summed E-state index contributed by atoms with van der Waals surface area (Å²) in [7, 11) is -3.24. The van der Waals surface area contributed by atoms with E-state index in [1.54, 1.807) is 20.8 Å². The first kappa shape index (κ1) is 13.8. The first-order chi connectivity index (χ1) is 7.63. The van der Waals surface area contributed by atoms with Gasteiger partial charge in [0.25, 0.3) is 0 Å². The summed E-state index contributed by atoms with van der Waals surface area (Å²) in [6, 6.07) is 1.21. The molecule has 1 saturated heterocycles. The molecule has 1 aliphatic heterocycles. The van der Waals surface area contributed by atoms with E-state index in [0.717, 1.165) is 0 Å². The number of ether oxygens (including phenoxy) is 1. The lowest BCUT2D eigenvalue weighted by atomic mass is 10.1. The molecule has 17 heavy (non-hydrogen) atoms. The molecule has 1 heterocycles. The molecule has 96 valence electrons. The number of hydrogen-bond donors (Lipinski definition) is 1. The number of nitriles is 1. The Morgan fingerprint density at radius 1 is 1.41 bits per heavy atom. The Balaban J connectivity index is 2.64. The van der Waals surface area contributed by atoms with Crippen LogP contribution in [0.3, 0.4) is 0 Å². The number of carbonyl (C=O) groups excluding carboxylic acids is 1. The van der Waals surface area contributed by atoms with Crippen molar-refractivity contribution in [3.63, 3.8) is 0 Å². The molecule has 0 spiro atoms. The number of rotatable bonds is 1. The zero-order valence-electron chi connectivity index (χ0n) is 10.1. The predicted octanol–water partition coefficient (Wildman–Crippen LogP) is 0.448. The van der Waals surface area contributed by atoms with Gasteiger partial charge in [-0.25, -0.2) is 13.2 Å². The number of carbonyl (C=O) groups is 1. The Morgan fingerprint density at radius 2 is 2.00 bits per heavy atom.